The van der Waals surface area contributed by atoms with E-state index in [9.17, 15) is 4.79 Å². The van der Waals surface area contributed by atoms with Crippen LogP contribution in [0.2, 0.25) is 0 Å². The predicted octanol–water partition coefficient (Wildman–Crippen LogP) is 1.34. The van der Waals surface area contributed by atoms with Crippen LogP contribution in [0.1, 0.15) is 12.0 Å². The smallest absolute Gasteiger partial charge is 0.246 e. The van der Waals surface area contributed by atoms with E-state index in [1.165, 1.54) is 0 Å². The number of hydrogen-bond acceptors (Lipinski definition) is 4. The summed E-state index contributed by atoms with van der Waals surface area (Å²) in [5, 5.41) is 8.57. The van der Waals surface area contributed by atoms with Crippen LogP contribution in [0.3, 0.4) is 0 Å². The summed E-state index contributed by atoms with van der Waals surface area (Å²) in [6.45, 7) is 3.90. The van der Waals surface area contributed by atoms with E-state index >= 15 is 0 Å². The number of carbonyl (C=O) groups is 1. The standard InChI is InChI=1S/C16H20N4O/c17-8-1-9-19-10-12-20(13-11-19)16(21)7-4-14-2-5-15(18)6-3-14/h2-7H,1,9-13,18H2/b7-4+. The maximum atomic E-state index is 12.1. The molecule has 0 atom stereocenters. The third kappa shape index (κ3) is 4.62. The van der Waals surface area contributed by atoms with Gasteiger partial charge in [-0.3, -0.25) is 9.69 Å². The Morgan fingerprint density at radius 2 is 1.90 bits per heavy atom. The molecule has 110 valence electrons. The molecular formula is C16H20N4O. The van der Waals surface area contributed by atoms with Gasteiger partial charge in [-0.25, -0.2) is 0 Å². The van der Waals surface area contributed by atoms with Gasteiger partial charge in [0, 0.05) is 50.9 Å². The number of benzene rings is 1. The number of amides is 1. The molecule has 0 aliphatic carbocycles. The molecule has 1 aliphatic heterocycles. The molecule has 0 aromatic heterocycles. The molecule has 0 spiro atoms. The minimum absolute atomic E-state index is 0.0340. The monoisotopic (exact) mass is 284 g/mol. The Kier molecular flexibility index (Phi) is 5.35. The van der Waals surface area contributed by atoms with Gasteiger partial charge in [0.05, 0.1) is 6.07 Å². The number of anilines is 1. The van der Waals surface area contributed by atoms with E-state index in [-0.39, 0.29) is 5.91 Å². The number of hydrogen-bond donors (Lipinski definition) is 1. The van der Waals surface area contributed by atoms with Gasteiger partial charge < -0.3 is 10.6 Å². The van der Waals surface area contributed by atoms with Crippen LogP contribution < -0.4 is 5.73 Å². The zero-order valence-corrected chi connectivity index (χ0v) is 12.0. The summed E-state index contributed by atoms with van der Waals surface area (Å²) in [5.74, 6) is 0.0340. The summed E-state index contributed by atoms with van der Waals surface area (Å²) in [6.07, 6.45) is 3.96. The minimum atomic E-state index is 0.0340. The number of nitriles is 1. The fraction of sp³-hybridized carbons (Fsp3) is 0.375. The number of piperazine rings is 1. The topological polar surface area (TPSA) is 73.4 Å². The van der Waals surface area contributed by atoms with E-state index in [4.69, 9.17) is 11.0 Å². The van der Waals surface area contributed by atoms with Gasteiger partial charge in [-0.15, -0.1) is 0 Å². The Bertz CT molecular complexity index is 536. The second kappa shape index (κ2) is 7.46. The molecule has 1 aromatic rings. The van der Waals surface area contributed by atoms with Crippen molar-refractivity contribution in [3.63, 3.8) is 0 Å². The largest absolute Gasteiger partial charge is 0.399 e. The summed E-state index contributed by atoms with van der Waals surface area (Å²) < 4.78 is 0. The van der Waals surface area contributed by atoms with Crippen molar-refractivity contribution in [1.29, 1.82) is 5.26 Å². The zero-order valence-electron chi connectivity index (χ0n) is 12.0. The molecule has 0 bridgehead atoms. The predicted molar refractivity (Wildman–Crippen MR) is 83.1 cm³/mol. The van der Waals surface area contributed by atoms with Crippen LogP contribution in [0.4, 0.5) is 5.69 Å². The van der Waals surface area contributed by atoms with E-state index in [0.717, 1.165) is 38.3 Å². The third-order valence-corrected chi connectivity index (χ3v) is 3.58. The number of rotatable bonds is 4. The van der Waals surface area contributed by atoms with Crippen LogP contribution in [-0.4, -0.2) is 48.4 Å². The number of nitrogens with zero attached hydrogens (tertiary/aromatic N) is 3. The molecule has 5 nitrogen and oxygen atoms in total. The van der Waals surface area contributed by atoms with Crippen molar-refractivity contribution in [3.05, 3.63) is 35.9 Å². The van der Waals surface area contributed by atoms with E-state index in [0.29, 0.717) is 12.1 Å². The average Bonchev–Trinajstić information content (AvgIpc) is 2.52. The van der Waals surface area contributed by atoms with Gasteiger partial charge in [0.15, 0.2) is 0 Å². The van der Waals surface area contributed by atoms with Gasteiger partial charge in [-0.05, 0) is 23.8 Å². The second-order valence-electron chi connectivity index (χ2n) is 5.08. The first-order valence-corrected chi connectivity index (χ1v) is 7.11. The number of nitrogens with two attached hydrogens (primary N) is 1. The van der Waals surface area contributed by atoms with Crippen LogP contribution in [0.25, 0.3) is 6.08 Å². The Labute approximate surface area is 125 Å². The zero-order chi connectivity index (χ0) is 15.1. The van der Waals surface area contributed by atoms with E-state index in [1.54, 1.807) is 6.08 Å². The molecule has 0 radical (unpaired) electrons. The van der Waals surface area contributed by atoms with Gasteiger partial charge in [-0.2, -0.15) is 5.26 Å². The first kappa shape index (κ1) is 15.1. The number of nitrogen functional groups attached to an aromatic ring is 1. The molecule has 1 fully saturated rings. The lowest BCUT2D eigenvalue weighted by atomic mass is 10.2. The summed E-state index contributed by atoms with van der Waals surface area (Å²) in [7, 11) is 0. The van der Waals surface area contributed by atoms with Crippen LogP contribution in [-0.2, 0) is 4.79 Å². The first-order chi connectivity index (χ1) is 10.2. The first-order valence-electron chi connectivity index (χ1n) is 7.11. The molecule has 1 heterocycles. The second-order valence-corrected chi connectivity index (χ2v) is 5.08. The Balaban J connectivity index is 1.82. The molecule has 21 heavy (non-hydrogen) atoms. The van der Waals surface area contributed by atoms with Crippen molar-refractivity contribution in [2.24, 2.45) is 0 Å². The summed E-state index contributed by atoms with van der Waals surface area (Å²) >= 11 is 0. The van der Waals surface area contributed by atoms with Crippen LogP contribution >= 0.6 is 0 Å². The summed E-state index contributed by atoms with van der Waals surface area (Å²) in [6, 6.07) is 9.56. The van der Waals surface area contributed by atoms with Crippen LogP contribution in [0.5, 0.6) is 0 Å². The third-order valence-electron chi connectivity index (χ3n) is 3.58. The Hall–Kier alpha value is -2.32. The molecular weight excluding hydrogens is 264 g/mol. The van der Waals surface area contributed by atoms with E-state index < -0.39 is 0 Å². The molecule has 1 aromatic carbocycles. The molecule has 2 rings (SSSR count). The maximum Gasteiger partial charge on any atom is 0.246 e. The van der Waals surface area contributed by atoms with Gasteiger partial charge in [-0.1, -0.05) is 12.1 Å². The van der Waals surface area contributed by atoms with Crippen molar-refractivity contribution >= 4 is 17.7 Å². The minimum Gasteiger partial charge on any atom is -0.399 e. The van der Waals surface area contributed by atoms with Crippen LogP contribution in [0.15, 0.2) is 30.3 Å². The normalized spacial score (nSPS) is 16.0. The van der Waals surface area contributed by atoms with Crippen molar-refractivity contribution in [3.8, 4) is 6.07 Å². The lowest BCUT2D eigenvalue weighted by Gasteiger charge is -2.33. The maximum absolute atomic E-state index is 12.1. The average molecular weight is 284 g/mol. The Morgan fingerprint density at radius 1 is 1.24 bits per heavy atom. The quantitative estimate of drug-likeness (QED) is 0.669. The molecule has 5 heteroatoms. The van der Waals surface area contributed by atoms with E-state index in [1.807, 2.05) is 35.2 Å². The van der Waals surface area contributed by atoms with Gasteiger partial charge >= 0.3 is 0 Å². The molecule has 0 saturated carbocycles. The number of carbonyl (C=O) groups excluding carboxylic acids is 1. The van der Waals surface area contributed by atoms with Gasteiger partial charge in [0.2, 0.25) is 5.91 Å². The molecule has 1 amide bonds. The van der Waals surface area contributed by atoms with Gasteiger partial charge in [0.1, 0.15) is 0 Å². The SMILES string of the molecule is N#CCCN1CCN(C(=O)/C=C/c2ccc(N)cc2)CC1. The molecule has 2 N–H and O–H groups in total. The summed E-state index contributed by atoms with van der Waals surface area (Å²) in [5.41, 5.74) is 7.30. The van der Waals surface area contributed by atoms with Crippen LogP contribution in [0, 0.1) is 11.3 Å². The van der Waals surface area contributed by atoms with Crippen molar-refractivity contribution < 1.29 is 4.79 Å². The lowest BCUT2D eigenvalue weighted by molar-refractivity contribution is -0.127. The molecule has 1 saturated heterocycles. The van der Waals surface area contributed by atoms with Crippen molar-refractivity contribution in [2.75, 3.05) is 38.5 Å². The highest BCUT2D eigenvalue weighted by molar-refractivity contribution is 5.91. The molecule has 0 unspecified atom stereocenters. The fourth-order valence-corrected chi connectivity index (χ4v) is 2.28. The fourth-order valence-electron chi connectivity index (χ4n) is 2.28. The molecule has 1 aliphatic rings. The highest BCUT2D eigenvalue weighted by atomic mass is 16.2. The summed E-state index contributed by atoms with van der Waals surface area (Å²) in [4.78, 5) is 16.2. The van der Waals surface area contributed by atoms with E-state index in [2.05, 4.69) is 11.0 Å². The van der Waals surface area contributed by atoms with Gasteiger partial charge in [0.25, 0.3) is 0 Å². The highest BCUT2D eigenvalue weighted by Gasteiger charge is 2.18. The Morgan fingerprint density at radius 3 is 2.52 bits per heavy atom. The van der Waals surface area contributed by atoms with Crippen molar-refractivity contribution in [1.82, 2.24) is 9.80 Å². The lowest BCUT2D eigenvalue weighted by Crippen LogP contribution is -2.48. The highest BCUT2D eigenvalue weighted by Crippen LogP contribution is 2.08. The van der Waals surface area contributed by atoms with Crippen molar-refractivity contribution in [2.45, 2.75) is 6.42 Å².